The molecule has 1 amide bonds. The summed E-state index contributed by atoms with van der Waals surface area (Å²) in [5.41, 5.74) is 7.78. The van der Waals surface area contributed by atoms with Crippen LogP contribution < -0.4 is 20.5 Å². The van der Waals surface area contributed by atoms with E-state index in [9.17, 15) is 9.18 Å². The van der Waals surface area contributed by atoms with E-state index in [0.717, 1.165) is 16.6 Å². The fourth-order valence-corrected chi connectivity index (χ4v) is 3.15. The minimum Gasteiger partial charge on any atom is -0.480 e. The second kappa shape index (κ2) is 6.63. The van der Waals surface area contributed by atoms with Crippen LogP contribution >= 0.6 is 0 Å². The monoisotopic (exact) mass is 386 g/mol. The maximum atomic E-state index is 13.1. The number of aryl methyl sites for hydroxylation is 1. The van der Waals surface area contributed by atoms with Gasteiger partial charge in [0.1, 0.15) is 17.6 Å². The summed E-state index contributed by atoms with van der Waals surface area (Å²) in [5, 5.41) is 3.47. The molecule has 0 aliphatic heterocycles. The van der Waals surface area contributed by atoms with Crippen molar-refractivity contribution in [1.82, 2.24) is 19.5 Å². The molecule has 0 saturated heterocycles. The van der Waals surface area contributed by atoms with Gasteiger partial charge >= 0.3 is 0 Å². The van der Waals surface area contributed by atoms with E-state index in [1.807, 2.05) is 17.7 Å². The number of nitrogens with zero attached hydrogens (tertiary/aromatic N) is 4. The summed E-state index contributed by atoms with van der Waals surface area (Å²) in [6.07, 6.45) is 0.837. The molecule has 3 N–H and O–H groups in total. The molecule has 1 aliphatic rings. The van der Waals surface area contributed by atoms with Crippen LogP contribution in [-0.4, -0.2) is 45.8 Å². The molecule has 28 heavy (non-hydrogen) atoms. The first-order valence-electron chi connectivity index (χ1n) is 8.59. The predicted octanol–water partition coefficient (Wildman–Crippen LogP) is 1.93. The van der Waals surface area contributed by atoms with Crippen molar-refractivity contribution in [2.75, 3.05) is 25.3 Å². The van der Waals surface area contributed by atoms with Gasteiger partial charge in [0.15, 0.2) is 0 Å². The number of alkyl halides is 1. The molecule has 0 radical (unpaired) electrons. The molecule has 0 unspecified atom stereocenters. The van der Waals surface area contributed by atoms with Gasteiger partial charge in [0, 0.05) is 12.4 Å². The fraction of sp³-hybridized carbons (Fsp3) is 0.333. The van der Waals surface area contributed by atoms with Crippen molar-refractivity contribution in [1.29, 1.82) is 0 Å². The first-order chi connectivity index (χ1) is 13.4. The number of nitrogens with two attached hydrogens (primary N) is 1. The van der Waals surface area contributed by atoms with Crippen LogP contribution in [0.2, 0.25) is 0 Å². The Balaban J connectivity index is 1.77. The van der Waals surface area contributed by atoms with Crippen molar-refractivity contribution in [3.05, 3.63) is 18.3 Å². The van der Waals surface area contributed by atoms with Gasteiger partial charge < -0.3 is 25.1 Å². The van der Waals surface area contributed by atoms with Crippen molar-refractivity contribution in [2.24, 2.45) is 13.0 Å². The molecule has 1 saturated carbocycles. The van der Waals surface area contributed by atoms with Crippen LogP contribution in [0.1, 0.15) is 6.42 Å². The summed E-state index contributed by atoms with van der Waals surface area (Å²) in [6, 6.07) is 3.60. The van der Waals surface area contributed by atoms with Gasteiger partial charge in [-0.2, -0.15) is 9.97 Å². The Bertz CT molecular complexity index is 1060. The SMILES string of the molecule is COc1nc(N)nc(OC)c1-c1cc2cc(NC(=O)[C@@H]3C[C@@H]3F)ncc2n1C. The largest absolute Gasteiger partial charge is 0.480 e. The molecule has 1 fully saturated rings. The molecule has 2 atom stereocenters. The van der Waals surface area contributed by atoms with Gasteiger partial charge in [-0.15, -0.1) is 0 Å². The lowest BCUT2D eigenvalue weighted by Gasteiger charge is -2.12. The number of halogens is 1. The summed E-state index contributed by atoms with van der Waals surface area (Å²) in [7, 11) is 4.82. The molecule has 10 heteroatoms. The molecule has 3 aromatic heterocycles. The maximum Gasteiger partial charge on any atom is 0.231 e. The molecular weight excluding hydrogens is 367 g/mol. The van der Waals surface area contributed by atoms with Crippen molar-refractivity contribution in [3.63, 3.8) is 0 Å². The maximum absolute atomic E-state index is 13.1. The Morgan fingerprint density at radius 1 is 1.29 bits per heavy atom. The van der Waals surface area contributed by atoms with E-state index in [0.29, 0.717) is 11.4 Å². The van der Waals surface area contributed by atoms with Crippen molar-refractivity contribution < 1.29 is 18.7 Å². The van der Waals surface area contributed by atoms with Crippen LogP contribution in [0.5, 0.6) is 11.8 Å². The molecule has 4 rings (SSSR count). The number of carbonyl (C=O) groups excluding carboxylic acids is 1. The first kappa shape index (κ1) is 18.0. The second-order valence-corrected chi connectivity index (χ2v) is 6.54. The molecule has 9 nitrogen and oxygen atoms in total. The van der Waals surface area contributed by atoms with E-state index in [2.05, 4.69) is 20.3 Å². The topological polar surface area (TPSA) is 117 Å². The summed E-state index contributed by atoms with van der Waals surface area (Å²) in [6.45, 7) is 0. The number of hydrogen-bond donors (Lipinski definition) is 2. The Kier molecular flexibility index (Phi) is 4.25. The van der Waals surface area contributed by atoms with Gasteiger partial charge in [-0.05, 0) is 18.6 Å². The van der Waals surface area contributed by atoms with Gasteiger partial charge in [0.25, 0.3) is 0 Å². The zero-order valence-electron chi connectivity index (χ0n) is 15.6. The zero-order valence-corrected chi connectivity index (χ0v) is 15.6. The van der Waals surface area contributed by atoms with Gasteiger partial charge in [0.2, 0.25) is 23.6 Å². The Morgan fingerprint density at radius 3 is 2.50 bits per heavy atom. The molecule has 0 spiro atoms. The average molecular weight is 386 g/mol. The number of nitrogen functional groups attached to an aromatic ring is 1. The lowest BCUT2D eigenvalue weighted by atomic mass is 10.2. The van der Waals surface area contributed by atoms with E-state index >= 15 is 0 Å². The van der Waals surface area contributed by atoms with E-state index < -0.39 is 12.1 Å². The number of hydrogen-bond acceptors (Lipinski definition) is 7. The van der Waals surface area contributed by atoms with Gasteiger partial charge in [-0.3, -0.25) is 4.79 Å². The highest BCUT2D eigenvalue weighted by molar-refractivity contribution is 5.96. The van der Waals surface area contributed by atoms with Gasteiger partial charge in [-0.1, -0.05) is 0 Å². The molecule has 0 aromatic carbocycles. The zero-order chi connectivity index (χ0) is 20.0. The number of carbonyl (C=O) groups is 1. The van der Waals surface area contributed by atoms with E-state index in [-0.39, 0.29) is 30.0 Å². The van der Waals surface area contributed by atoms with E-state index in [4.69, 9.17) is 15.2 Å². The highest BCUT2D eigenvalue weighted by atomic mass is 19.1. The third-order valence-corrected chi connectivity index (χ3v) is 4.73. The van der Waals surface area contributed by atoms with Crippen LogP contribution in [-0.2, 0) is 11.8 Å². The molecule has 3 aromatic rings. The van der Waals surface area contributed by atoms with Crippen molar-refractivity contribution >= 4 is 28.6 Å². The number of aromatic nitrogens is 4. The van der Waals surface area contributed by atoms with Gasteiger partial charge in [-0.25, -0.2) is 9.37 Å². The Hall–Kier alpha value is -3.43. The summed E-state index contributed by atoms with van der Waals surface area (Å²) < 4.78 is 25.7. The highest BCUT2D eigenvalue weighted by Crippen LogP contribution is 2.39. The van der Waals surface area contributed by atoms with Crippen LogP contribution in [0.15, 0.2) is 18.3 Å². The predicted molar refractivity (Wildman–Crippen MR) is 101 cm³/mol. The number of nitrogens with one attached hydrogen (secondary N) is 1. The number of methoxy groups -OCH3 is 2. The molecule has 1 aliphatic carbocycles. The number of fused-ring (bicyclic) bond motifs is 1. The molecular formula is C18H19FN6O3. The molecule has 146 valence electrons. The lowest BCUT2D eigenvalue weighted by molar-refractivity contribution is -0.117. The summed E-state index contributed by atoms with van der Waals surface area (Å²) in [5.74, 6) is 0.0179. The second-order valence-electron chi connectivity index (χ2n) is 6.54. The van der Waals surface area contributed by atoms with Crippen molar-refractivity contribution in [2.45, 2.75) is 12.6 Å². The number of pyridine rings is 1. The minimum absolute atomic E-state index is 0.0362. The fourth-order valence-electron chi connectivity index (χ4n) is 3.15. The number of anilines is 2. The van der Waals surface area contributed by atoms with Crippen LogP contribution in [0.4, 0.5) is 16.2 Å². The van der Waals surface area contributed by atoms with Crippen LogP contribution in [0, 0.1) is 5.92 Å². The van der Waals surface area contributed by atoms with Crippen molar-refractivity contribution in [3.8, 4) is 23.0 Å². The van der Waals surface area contributed by atoms with E-state index in [1.54, 1.807) is 12.3 Å². The minimum atomic E-state index is -1.06. The summed E-state index contributed by atoms with van der Waals surface area (Å²) in [4.78, 5) is 24.5. The van der Waals surface area contributed by atoms with E-state index in [1.165, 1.54) is 14.2 Å². The normalized spacial score (nSPS) is 18.1. The highest BCUT2D eigenvalue weighted by Gasteiger charge is 2.43. The lowest BCUT2D eigenvalue weighted by Crippen LogP contribution is -2.15. The first-order valence-corrected chi connectivity index (χ1v) is 8.59. The van der Waals surface area contributed by atoms with Crippen LogP contribution in [0.25, 0.3) is 22.2 Å². The quantitative estimate of drug-likeness (QED) is 0.688. The third-order valence-electron chi connectivity index (χ3n) is 4.73. The van der Waals surface area contributed by atoms with Crippen LogP contribution in [0.3, 0.4) is 0 Å². The number of ether oxygens (including phenoxy) is 2. The third kappa shape index (κ3) is 2.96. The summed E-state index contributed by atoms with van der Waals surface area (Å²) >= 11 is 0. The Labute approximate surface area is 159 Å². The molecule has 3 heterocycles. The molecule has 0 bridgehead atoms. The Morgan fingerprint density at radius 2 is 1.93 bits per heavy atom. The number of amides is 1. The number of rotatable bonds is 5. The smallest absolute Gasteiger partial charge is 0.231 e. The van der Waals surface area contributed by atoms with Gasteiger partial charge in [0.05, 0.1) is 37.5 Å². The average Bonchev–Trinajstić information content (AvgIpc) is 3.33. The standard InChI is InChI=1S/C18H19FN6O3/c1-25-11(14-16(27-2)23-18(20)24-17(14)28-3)4-8-5-13(21-7-12(8)25)22-15(26)9-6-10(9)19/h4-5,7,9-10H,6H2,1-3H3,(H2,20,23,24)(H,21,22,26)/t9-,10+/m1/s1.